The van der Waals surface area contributed by atoms with E-state index in [2.05, 4.69) is 10.6 Å². The van der Waals surface area contributed by atoms with E-state index in [-0.39, 0.29) is 17.9 Å². The number of rotatable bonds is 4. The molecule has 8 nitrogen and oxygen atoms in total. The van der Waals surface area contributed by atoms with Gasteiger partial charge in [0.25, 0.3) is 5.91 Å². The van der Waals surface area contributed by atoms with Crippen molar-refractivity contribution in [3.05, 3.63) is 40.4 Å². The Bertz CT molecular complexity index is 1020. The van der Waals surface area contributed by atoms with Crippen molar-refractivity contribution in [2.45, 2.75) is 50.7 Å². The summed E-state index contributed by atoms with van der Waals surface area (Å²) < 4.78 is 31.7. The average Bonchev–Trinajstić information content (AvgIpc) is 3.09. The van der Waals surface area contributed by atoms with Crippen LogP contribution in [0.3, 0.4) is 0 Å². The molecular weight excluding hydrogens is 487 g/mol. The molecule has 0 saturated heterocycles. The van der Waals surface area contributed by atoms with Crippen molar-refractivity contribution in [3.63, 3.8) is 0 Å². The number of carbonyl (C=O) groups is 3. The van der Waals surface area contributed by atoms with E-state index in [0.717, 1.165) is 49.3 Å². The van der Waals surface area contributed by atoms with Crippen molar-refractivity contribution >= 4 is 29.2 Å². The third-order valence-electron chi connectivity index (χ3n) is 5.89. The molecule has 2 aromatic rings. The normalized spacial score (nSPS) is 20.0. The number of amides is 1. The molecule has 0 unspecified atom stereocenters. The molecule has 4 rings (SSSR count). The molecule has 2 aliphatic rings. The molecule has 190 valence electrons. The summed E-state index contributed by atoms with van der Waals surface area (Å²) in [7, 11) is 0. The van der Waals surface area contributed by atoms with Crippen LogP contribution >= 0.6 is 11.3 Å². The van der Waals surface area contributed by atoms with Crippen molar-refractivity contribution in [3.8, 4) is 10.6 Å². The predicted molar refractivity (Wildman–Crippen MR) is 122 cm³/mol. The number of thiazole rings is 1. The van der Waals surface area contributed by atoms with Crippen LogP contribution in [-0.4, -0.2) is 58.4 Å². The van der Waals surface area contributed by atoms with Crippen molar-refractivity contribution in [2.24, 2.45) is 5.92 Å². The van der Waals surface area contributed by atoms with Crippen LogP contribution in [0.2, 0.25) is 0 Å². The molecule has 2 heterocycles. The van der Waals surface area contributed by atoms with Gasteiger partial charge in [0.05, 0.1) is 11.6 Å². The van der Waals surface area contributed by atoms with Crippen molar-refractivity contribution < 1.29 is 37.8 Å². The number of benzene rings is 1. The van der Waals surface area contributed by atoms with E-state index in [1.165, 1.54) is 10.6 Å². The molecule has 1 fully saturated rings. The van der Waals surface area contributed by atoms with E-state index in [1.54, 1.807) is 11.3 Å². The number of carboxylic acids is 2. The van der Waals surface area contributed by atoms with E-state index in [0.29, 0.717) is 18.4 Å². The maximum Gasteiger partial charge on any atom is 0.490 e. The molecule has 35 heavy (non-hydrogen) atoms. The maximum absolute atomic E-state index is 12.5. The second-order valence-electron chi connectivity index (χ2n) is 8.38. The smallest absolute Gasteiger partial charge is 0.481 e. The highest BCUT2D eigenvalue weighted by Crippen LogP contribution is 2.30. The van der Waals surface area contributed by atoms with Gasteiger partial charge in [-0.2, -0.15) is 13.2 Å². The molecular formula is C23H26F3N3O5S. The van der Waals surface area contributed by atoms with Gasteiger partial charge in [-0.15, -0.1) is 11.3 Å². The fourth-order valence-corrected chi connectivity index (χ4v) is 5.06. The Hall–Kier alpha value is -2.99. The molecule has 1 aromatic carbocycles. The highest BCUT2D eigenvalue weighted by Gasteiger charge is 2.38. The topological polar surface area (TPSA) is 129 Å². The number of fused-ring (bicyclic) bond motifs is 1. The lowest BCUT2D eigenvalue weighted by Gasteiger charge is -2.26. The predicted octanol–water partition coefficient (Wildman–Crippen LogP) is 3.50. The Kier molecular flexibility index (Phi) is 8.84. The van der Waals surface area contributed by atoms with Crippen LogP contribution in [0.5, 0.6) is 0 Å². The summed E-state index contributed by atoms with van der Waals surface area (Å²) in [6.45, 7) is 1.98. The molecule has 1 aromatic heterocycles. The minimum absolute atomic E-state index is 0.0611. The first kappa shape index (κ1) is 26.6. The number of hydrogen-bond donors (Lipinski definition) is 4. The SMILES string of the molecule is O=C(NC1CCC(C(=O)O)CC1)c1ccc(-c2nc3c(s2)CCNCC3)cc1.O=C(O)C(F)(F)F. The summed E-state index contributed by atoms with van der Waals surface area (Å²) in [5.41, 5.74) is 2.87. The highest BCUT2D eigenvalue weighted by atomic mass is 32.1. The Morgan fingerprint density at radius 2 is 1.60 bits per heavy atom. The summed E-state index contributed by atoms with van der Waals surface area (Å²) in [6.07, 6.45) is -0.387. The maximum atomic E-state index is 12.5. The number of carboxylic acid groups (broad SMARTS) is 2. The lowest BCUT2D eigenvalue weighted by atomic mass is 9.86. The minimum Gasteiger partial charge on any atom is -0.481 e. The second kappa shape index (κ2) is 11.6. The first-order valence-corrected chi connectivity index (χ1v) is 12.0. The van der Waals surface area contributed by atoms with E-state index in [9.17, 15) is 22.8 Å². The fraction of sp³-hybridized carbons (Fsp3) is 0.478. The van der Waals surface area contributed by atoms with E-state index < -0.39 is 18.1 Å². The first-order chi connectivity index (χ1) is 16.5. The van der Waals surface area contributed by atoms with Crippen molar-refractivity contribution in [2.75, 3.05) is 13.1 Å². The molecule has 12 heteroatoms. The molecule has 1 aliphatic carbocycles. The van der Waals surface area contributed by atoms with Gasteiger partial charge >= 0.3 is 18.1 Å². The minimum atomic E-state index is -5.08. The molecule has 0 spiro atoms. The molecule has 0 bridgehead atoms. The number of nitrogens with zero attached hydrogens (tertiary/aromatic N) is 1. The van der Waals surface area contributed by atoms with Gasteiger partial charge in [-0.1, -0.05) is 12.1 Å². The molecule has 1 saturated carbocycles. The zero-order chi connectivity index (χ0) is 25.6. The van der Waals surface area contributed by atoms with Crippen LogP contribution in [0.1, 0.15) is 46.6 Å². The highest BCUT2D eigenvalue weighted by molar-refractivity contribution is 7.15. The summed E-state index contributed by atoms with van der Waals surface area (Å²) >= 11 is 1.75. The Morgan fingerprint density at radius 3 is 2.17 bits per heavy atom. The quantitative estimate of drug-likeness (QED) is 0.493. The van der Waals surface area contributed by atoms with Gasteiger partial charge in [0.1, 0.15) is 5.01 Å². The van der Waals surface area contributed by atoms with Gasteiger partial charge in [-0.25, -0.2) is 9.78 Å². The van der Waals surface area contributed by atoms with Gasteiger partial charge in [0, 0.05) is 41.6 Å². The Balaban J connectivity index is 0.000000429. The number of carbonyl (C=O) groups excluding carboxylic acids is 1. The number of hydrogen-bond acceptors (Lipinski definition) is 6. The van der Waals surface area contributed by atoms with Crippen LogP contribution in [0.25, 0.3) is 10.6 Å². The van der Waals surface area contributed by atoms with E-state index in [4.69, 9.17) is 20.0 Å². The Labute approximate surface area is 203 Å². The molecule has 0 radical (unpaired) electrons. The van der Waals surface area contributed by atoms with Crippen LogP contribution in [0.4, 0.5) is 13.2 Å². The van der Waals surface area contributed by atoms with Crippen molar-refractivity contribution in [1.82, 2.24) is 15.6 Å². The van der Waals surface area contributed by atoms with E-state index in [1.807, 2.05) is 24.3 Å². The van der Waals surface area contributed by atoms with Gasteiger partial charge in [-0.3, -0.25) is 9.59 Å². The van der Waals surface area contributed by atoms with Crippen LogP contribution in [0, 0.1) is 5.92 Å². The van der Waals surface area contributed by atoms with Crippen molar-refractivity contribution in [1.29, 1.82) is 0 Å². The summed E-state index contributed by atoms with van der Waals surface area (Å²) in [5.74, 6) is -3.84. The zero-order valence-corrected chi connectivity index (χ0v) is 19.5. The Morgan fingerprint density at radius 1 is 1.00 bits per heavy atom. The van der Waals surface area contributed by atoms with Crippen LogP contribution < -0.4 is 10.6 Å². The molecule has 1 amide bonds. The second-order valence-corrected chi connectivity index (χ2v) is 9.46. The fourth-order valence-electron chi connectivity index (χ4n) is 3.95. The number of aliphatic carboxylic acids is 2. The van der Waals surface area contributed by atoms with Crippen LogP contribution in [0.15, 0.2) is 24.3 Å². The summed E-state index contributed by atoms with van der Waals surface area (Å²) in [4.78, 5) is 38.6. The molecule has 4 N–H and O–H groups in total. The van der Waals surface area contributed by atoms with Gasteiger partial charge < -0.3 is 20.8 Å². The lowest BCUT2D eigenvalue weighted by molar-refractivity contribution is -0.192. The number of alkyl halides is 3. The number of aromatic nitrogens is 1. The molecule has 0 atom stereocenters. The zero-order valence-electron chi connectivity index (χ0n) is 18.7. The van der Waals surface area contributed by atoms with Gasteiger partial charge in [-0.05, 0) is 44.2 Å². The van der Waals surface area contributed by atoms with E-state index >= 15 is 0 Å². The average molecular weight is 514 g/mol. The largest absolute Gasteiger partial charge is 0.490 e. The van der Waals surface area contributed by atoms with Gasteiger partial charge in [0.15, 0.2) is 0 Å². The summed E-state index contributed by atoms with van der Waals surface area (Å²) in [5, 5.41) is 23.7. The monoisotopic (exact) mass is 513 g/mol. The van der Waals surface area contributed by atoms with Crippen LogP contribution in [-0.2, 0) is 22.4 Å². The first-order valence-electron chi connectivity index (χ1n) is 11.2. The molecule has 1 aliphatic heterocycles. The third-order valence-corrected chi connectivity index (χ3v) is 7.10. The lowest BCUT2D eigenvalue weighted by Crippen LogP contribution is -2.38. The number of halogens is 3. The van der Waals surface area contributed by atoms with Gasteiger partial charge in [0.2, 0.25) is 0 Å². The summed E-state index contributed by atoms with van der Waals surface area (Å²) in [6, 6.07) is 7.69. The number of nitrogens with one attached hydrogen (secondary N) is 2. The third kappa shape index (κ3) is 7.49. The standard InChI is InChI=1S/C21H25N3O3S.C2HF3O2/c25-19(23-16-7-5-15(6-8-16)21(26)27)13-1-3-14(4-2-13)20-24-17-9-11-22-12-10-18(17)28-20;3-2(4,5)1(6)7/h1-4,15-16,22H,5-12H2,(H,23,25)(H,26,27);(H,6,7).